The van der Waals surface area contributed by atoms with Crippen molar-refractivity contribution in [2.24, 2.45) is 0 Å². The number of carbonyl (C=O) groups excluding carboxylic acids is 3. The number of benzene rings is 1. The Morgan fingerprint density at radius 2 is 2.04 bits per heavy atom. The van der Waals surface area contributed by atoms with Crippen molar-refractivity contribution in [2.75, 3.05) is 19.6 Å². The molecule has 1 aromatic carbocycles. The molecule has 0 aromatic heterocycles. The Balaban J connectivity index is 1.52. The highest BCUT2D eigenvalue weighted by molar-refractivity contribution is 6.01. The van der Waals surface area contributed by atoms with Crippen LogP contribution >= 0.6 is 0 Å². The first-order valence-electron chi connectivity index (χ1n) is 8.67. The van der Waals surface area contributed by atoms with Gasteiger partial charge >= 0.3 is 6.03 Å². The third-order valence-corrected chi connectivity index (χ3v) is 4.81. The summed E-state index contributed by atoms with van der Waals surface area (Å²) in [6.45, 7) is 1.09. The van der Waals surface area contributed by atoms with Crippen LogP contribution in [0.15, 0.2) is 30.3 Å². The van der Waals surface area contributed by atoms with Crippen LogP contribution in [0.4, 0.5) is 4.79 Å². The van der Waals surface area contributed by atoms with E-state index < -0.39 is 12.1 Å². The van der Waals surface area contributed by atoms with Crippen molar-refractivity contribution in [1.29, 1.82) is 0 Å². The maximum Gasteiger partial charge on any atom is 0.324 e. The van der Waals surface area contributed by atoms with E-state index in [1.165, 1.54) is 4.90 Å². The molecule has 2 aliphatic heterocycles. The number of nitrogens with zero attached hydrogens (tertiary/aromatic N) is 2. The number of amides is 4. The molecule has 4 amide bonds. The second-order valence-corrected chi connectivity index (χ2v) is 6.53. The Hall–Kier alpha value is -2.41. The monoisotopic (exact) mass is 345 g/mol. The fourth-order valence-corrected chi connectivity index (χ4v) is 3.53. The molecule has 0 spiro atoms. The lowest BCUT2D eigenvalue weighted by atomic mass is 10.00. The minimum atomic E-state index is -0.686. The van der Waals surface area contributed by atoms with E-state index in [1.54, 1.807) is 4.90 Å². The third-order valence-electron chi connectivity index (χ3n) is 4.81. The number of carbonyl (C=O) groups is 3. The molecule has 25 heavy (non-hydrogen) atoms. The van der Waals surface area contributed by atoms with Crippen molar-refractivity contribution >= 4 is 17.8 Å². The molecule has 2 aliphatic rings. The number of aliphatic hydroxyl groups excluding tert-OH is 1. The Morgan fingerprint density at radius 3 is 2.72 bits per heavy atom. The van der Waals surface area contributed by atoms with Crippen LogP contribution in [0.2, 0.25) is 0 Å². The smallest absolute Gasteiger partial charge is 0.324 e. The van der Waals surface area contributed by atoms with Crippen LogP contribution < -0.4 is 5.32 Å². The number of rotatable bonds is 6. The molecule has 3 rings (SSSR count). The van der Waals surface area contributed by atoms with Gasteiger partial charge in [0.1, 0.15) is 6.54 Å². The average Bonchev–Trinajstić information content (AvgIpc) is 3.21. The van der Waals surface area contributed by atoms with Crippen molar-refractivity contribution in [3.05, 3.63) is 35.9 Å². The van der Waals surface area contributed by atoms with Crippen LogP contribution in [0.25, 0.3) is 0 Å². The molecular weight excluding hydrogens is 322 g/mol. The van der Waals surface area contributed by atoms with Crippen LogP contribution in [0.3, 0.4) is 0 Å². The molecule has 0 bridgehead atoms. The normalized spacial score (nSPS) is 21.6. The van der Waals surface area contributed by atoms with Crippen LogP contribution in [0.5, 0.6) is 0 Å². The Kier molecular flexibility index (Phi) is 5.33. The summed E-state index contributed by atoms with van der Waals surface area (Å²) in [4.78, 5) is 38.3. The number of aliphatic hydroxyl groups is 1. The third kappa shape index (κ3) is 3.99. The molecule has 7 heteroatoms. The quantitative estimate of drug-likeness (QED) is 0.754. The Morgan fingerprint density at radius 1 is 1.28 bits per heavy atom. The first-order valence-corrected chi connectivity index (χ1v) is 8.67. The van der Waals surface area contributed by atoms with Crippen LogP contribution in [0, 0.1) is 0 Å². The number of nitrogens with one attached hydrogen (secondary N) is 1. The average molecular weight is 345 g/mol. The molecular formula is C18H23N3O4. The maximum absolute atomic E-state index is 12.5. The van der Waals surface area contributed by atoms with Crippen molar-refractivity contribution < 1.29 is 19.5 Å². The molecule has 2 fully saturated rings. The summed E-state index contributed by atoms with van der Waals surface area (Å²) in [7, 11) is 0. The standard InChI is InChI=1S/C18H23N3O4/c22-15-12-20(18(25)19-15)10-5-9-16(23)21-11-4-8-14(21)17(24)13-6-2-1-3-7-13/h1-3,6-7,14,17,24H,4-5,8-12H2,(H,19,22,25). The van der Waals surface area contributed by atoms with E-state index >= 15 is 0 Å². The maximum atomic E-state index is 12.5. The number of urea groups is 1. The zero-order chi connectivity index (χ0) is 17.8. The van der Waals surface area contributed by atoms with Gasteiger partial charge in [0.15, 0.2) is 0 Å². The van der Waals surface area contributed by atoms with Crippen molar-refractivity contribution in [3.63, 3.8) is 0 Å². The largest absolute Gasteiger partial charge is 0.386 e. The van der Waals surface area contributed by atoms with E-state index in [0.717, 1.165) is 18.4 Å². The molecule has 2 heterocycles. The molecule has 2 N–H and O–H groups in total. The van der Waals surface area contributed by atoms with E-state index in [-0.39, 0.29) is 24.4 Å². The second-order valence-electron chi connectivity index (χ2n) is 6.53. The van der Waals surface area contributed by atoms with Crippen LogP contribution in [-0.2, 0) is 9.59 Å². The first-order chi connectivity index (χ1) is 12.1. The lowest BCUT2D eigenvalue weighted by molar-refractivity contribution is -0.134. The lowest BCUT2D eigenvalue weighted by Gasteiger charge is -2.29. The van der Waals surface area contributed by atoms with E-state index in [9.17, 15) is 19.5 Å². The second kappa shape index (κ2) is 7.65. The molecule has 1 aromatic rings. The highest BCUT2D eigenvalue weighted by Gasteiger charge is 2.34. The molecule has 2 saturated heterocycles. The predicted molar refractivity (Wildman–Crippen MR) is 90.5 cm³/mol. The van der Waals surface area contributed by atoms with Crippen LogP contribution in [0.1, 0.15) is 37.4 Å². The molecule has 2 atom stereocenters. The van der Waals surface area contributed by atoms with Crippen molar-refractivity contribution in [3.8, 4) is 0 Å². The predicted octanol–water partition coefficient (Wildman–Crippen LogP) is 1.04. The summed E-state index contributed by atoms with van der Waals surface area (Å²) >= 11 is 0. The number of likely N-dealkylation sites (tertiary alicyclic amines) is 1. The SMILES string of the molecule is O=C1CN(CCCC(=O)N2CCCC2C(O)c2ccccc2)C(=O)N1. The molecule has 0 saturated carbocycles. The van der Waals surface area contributed by atoms with Gasteiger partial charge in [0.25, 0.3) is 0 Å². The Labute approximate surface area is 146 Å². The fourth-order valence-electron chi connectivity index (χ4n) is 3.53. The van der Waals surface area contributed by atoms with Gasteiger partial charge in [-0.3, -0.25) is 14.9 Å². The van der Waals surface area contributed by atoms with Crippen molar-refractivity contribution in [1.82, 2.24) is 15.1 Å². The molecule has 7 nitrogen and oxygen atoms in total. The van der Waals surface area contributed by atoms with Gasteiger partial charge < -0.3 is 14.9 Å². The summed E-state index contributed by atoms with van der Waals surface area (Å²) in [5, 5.41) is 12.8. The number of hydrogen-bond acceptors (Lipinski definition) is 4. The minimum Gasteiger partial charge on any atom is -0.386 e. The molecule has 2 unspecified atom stereocenters. The zero-order valence-electron chi connectivity index (χ0n) is 14.1. The Bertz CT molecular complexity index is 649. The van der Waals surface area contributed by atoms with E-state index in [2.05, 4.69) is 5.32 Å². The first kappa shape index (κ1) is 17.4. The highest BCUT2D eigenvalue weighted by Crippen LogP contribution is 2.29. The van der Waals surface area contributed by atoms with Gasteiger partial charge in [0.2, 0.25) is 11.8 Å². The van der Waals surface area contributed by atoms with Gasteiger partial charge in [-0.05, 0) is 24.8 Å². The number of imide groups is 1. The number of hydrogen-bond donors (Lipinski definition) is 2. The van der Waals surface area contributed by atoms with Gasteiger partial charge in [-0.2, -0.15) is 0 Å². The van der Waals surface area contributed by atoms with E-state index in [0.29, 0.717) is 25.9 Å². The topological polar surface area (TPSA) is 90.0 Å². The van der Waals surface area contributed by atoms with Gasteiger partial charge in [-0.15, -0.1) is 0 Å². The van der Waals surface area contributed by atoms with Crippen molar-refractivity contribution in [2.45, 2.75) is 37.8 Å². The summed E-state index contributed by atoms with van der Waals surface area (Å²) in [5.74, 6) is -0.315. The summed E-state index contributed by atoms with van der Waals surface area (Å²) in [6, 6.07) is 8.79. The van der Waals surface area contributed by atoms with Gasteiger partial charge in [-0.25, -0.2) is 4.79 Å². The molecule has 134 valence electrons. The van der Waals surface area contributed by atoms with Crippen LogP contribution in [-0.4, -0.2) is 58.4 Å². The summed E-state index contributed by atoms with van der Waals surface area (Å²) < 4.78 is 0. The fraction of sp³-hybridized carbons (Fsp3) is 0.500. The zero-order valence-corrected chi connectivity index (χ0v) is 14.1. The van der Waals surface area contributed by atoms with E-state index in [1.807, 2.05) is 30.3 Å². The summed E-state index contributed by atoms with van der Waals surface area (Å²) in [5.41, 5.74) is 0.819. The highest BCUT2D eigenvalue weighted by atomic mass is 16.3. The molecule has 0 aliphatic carbocycles. The lowest BCUT2D eigenvalue weighted by Crippen LogP contribution is -2.39. The van der Waals surface area contributed by atoms with Gasteiger partial charge in [0.05, 0.1) is 12.1 Å². The minimum absolute atomic E-state index is 0.0107. The van der Waals surface area contributed by atoms with E-state index in [4.69, 9.17) is 0 Å². The van der Waals surface area contributed by atoms with Gasteiger partial charge in [0, 0.05) is 19.5 Å². The summed E-state index contributed by atoms with van der Waals surface area (Å²) in [6.07, 6.45) is 1.78. The van der Waals surface area contributed by atoms with Gasteiger partial charge in [-0.1, -0.05) is 30.3 Å². The molecule has 0 radical (unpaired) electrons.